The summed E-state index contributed by atoms with van der Waals surface area (Å²) in [4.78, 5) is 24.7. The van der Waals surface area contributed by atoms with Crippen molar-refractivity contribution in [3.8, 4) is 0 Å². The van der Waals surface area contributed by atoms with Crippen molar-refractivity contribution >= 4 is 11.8 Å². The van der Waals surface area contributed by atoms with E-state index in [1.807, 2.05) is 22.2 Å². The average molecular weight is 298 g/mol. The van der Waals surface area contributed by atoms with Gasteiger partial charge >= 0.3 is 0 Å². The molecule has 0 radical (unpaired) electrons. The van der Waals surface area contributed by atoms with Crippen molar-refractivity contribution in [2.45, 2.75) is 37.0 Å². The van der Waals surface area contributed by atoms with Gasteiger partial charge in [0.25, 0.3) is 11.8 Å². The lowest BCUT2D eigenvalue weighted by molar-refractivity contribution is -0.153. The molecule has 4 fully saturated rings. The first-order valence-electron chi connectivity index (χ1n) is 8.28. The topological polar surface area (TPSA) is 47.1 Å². The molecule has 0 aromatic carbocycles. The van der Waals surface area contributed by atoms with E-state index in [1.165, 1.54) is 0 Å². The van der Waals surface area contributed by atoms with Crippen LogP contribution in [0.3, 0.4) is 0 Å². The van der Waals surface area contributed by atoms with Gasteiger partial charge in [-0.1, -0.05) is 12.2 Å². The third-order valence-corrected chi connectivity index (χ3v) is 6.69. The van der Waals surface area contributed by atoms with Gasteiger partial charge in [-0.15, -0.1) is 0 Å². The summed E-state index contributed by atoms with van der Waals surface area (Å²) in [6.45, 7) is 1.68. The number of carbonyl (C=O) groups excluding carboxylic acids is 2. The molecule has 6 rings (SSSR count). The summed E-state index contributed by atoms with van der Waals surface area (Å²) in [5.74, 6) is 1.37. The second-order valence-corrected chi connectivity index (χ2v) is 7.31. The third-order valence-electron chi connectivity index (χ3n) is 6.69. The Bertz CT molecular complexity index is 603. The first-order valence-corrected chi connectivity index (χ1v) is 8.28. The van der Waals surface area contributed by atoms with E-state index in [2.05, 4.69) is 10.0 Å². The molecule has 6 nitrogen and oxygen atoms in total. The van der Waals surface area contributed by atoms with Crippen molar-refractivity contribution in [1.29, 1.82) is 0 Å². The van der Waals surface area contributed by atoms with E-state index in [0.29, 0.717) is 36.0 Å². The lowest BCUT2D eigenvalue weighted by Gasteiger charge is -2.40. The van der Waals surface area contributed by atoms with Gasteiger partial charge in [-0.25, -0.2) is 10.0 Å². The molecule has 2 aliphatic carbocycles. The molecule has 22 heavy (non-hydrogen) atoms. The Morgan fingerprint density at radius 2 is 1.18 bits per heavy atom. The molecule has 0 aromatic rings. The molecule has 2 saturated heterocycles. The first kappa shape index (κ1) is 11.8. The standard InChI is InChI=1S/C16H18N4O2/c21-13-3-1-5-17-9-7-12-16-10(8-11(15(9)16)19(13)17)18-6-2-4-14(22)20(12)18/h1-4,9-12,15-16H,5-8H2/t9-,10-,11+,12+,15+,16+/m1/s1. The summed E-state index contributed by atoms with van der Waals surface area (Å²) in [5.41, 5.74) is 0. The number of amides is 2. The van der Waals surface area contributed by atoms with Crippen LogP contribution in [-0.2, 0) is 9.59 Å². The Morgan fingerprint density at radius 3 is 1.64 bits per heavy atom. The minimum atomic E-state index is 0.147. The van der Waals surface area contributed by atoms with Gasteiger partial charge in [-0.2, -0.15) is 0 Å². The van der Waals surface area contributed by atoms with Crippen LogP contribution in [0.5, 0.6) is 0 Å². The van der Waals surface area contributed by atoms with Crippen LogP contribution in [0.25, 0.3) is 0 Å². The average Bonchev–Trinajstić information content (AvgIpc) is 3.19. The maximum absolute atomic E-state index is 12.3. The highest BCUT2D eigenvalue weighted by molar-refractivity contribution is 5.89. The molecule has 6 atom stereocenters. The smallest absolute Gasteiger partial charge is 0.260 e. The van der Waals surface area contributed by atoms with Crippen molar-refractivity contribution in [3.05, 3.63) is 24.3 Å². The molecular weight excluding hydrogens is 280 g/mol. The van der Waals surface area contributed by atoms with Gasteiger partial charge in [0.15, 0.2) is 0 Å². The van der Waals surface area contributed by atoms with Gasteiger partial charge in [0.2, 0.25) is 0 Å². The van der Waals surface area contributed by atoms with E-state index in [1.54, 1.807) is 12.2 Å². The van der Waals surface area contributed by atoms with Crippen LogP contribution in [0.4, 0.5) is 0 Å². The molecule has 0 N–H and O–H groups in total. The SMILES string of the molecule is O=C1C=CCN2[C@@H]3C[C@H]4[C@H]5[C@@H]3[C@H](C[C@H]5N3CC=CC(=O)N43)N12. The summed E-state index contributed by atoms with van der Waals surface area (Å²) in [7, 11) is 0. The van der Waals surface area contributed by atoms with Gasteiger partial charge in [-0.3, -0.25) is 19.6 Å². The summed E-state index contributed by atoms with van der Waals surface area (Å²) in [6, 6.07) is 1.54. The quantitative estimate of drug-likeness (QED) is 0.619. The number of hydrazine groups is 2. The number of hydrogen-bond donors (Lipinski definition) is 0. The molecule has 0 spiro atoms. The Morgan fingerprint density at radius 1 is 0.727 bits per heavy atom. The summed E-state index contributed by atoms with van der Waals surface area (Å²) < 4.78 is 0. The molecular formula is C16H18N4O2. The van der Waals surface area contributed by atoms with Crippen molar-refractivity contribution in [1.82, 2.24) is 20.0 Å². The number of fused-ring (bicyclic) bond motifs is 6. The number of rotatable bonds is 0. The van der Waals surface area contributed by atoms with Crippen molar-refractivity contribution in [3.63, 3.8) is 0 Å². The molecule has 6 heteroatoms. The first-order chi connectivity index (χ1) is 10.8. The van der Waals surface area contributed by atoms with Crippen LogP contribution in [0.15, 0.2) is 24.3 Å². The normalized spacial score (nSPS) is 48.4. The van der Waals surface area contributed by atoms with Crippen LogP contribution < -0.4 is 0 Å². The van der Waals surface area contributed by atoms with Crippen LogP contribution in [0, 0.1) is 11.8 Å². The van der Waals surface area contributed by atoms with Crippen molar-refractivity contribution in [2.75, 3.05) is 13.1 Å². The van der Waals surface area contributed by atoms with Crippen LogP contribution in [0.1, 0.15) is 12.8 Å². The zero-order valence-electron chi connectivity index (χ0n) is 12.2. The maximum Gasteiger partial charge on any atom is 0.260 e. The molecule has 0 bridgehead atoms. The largest absolute Gasteiger partial charge is 0.268 e. The van der Waals surface area contributed by atoms with Crippen LogP contribution in [-0.4, -0.2) is 69.1 Å². The Labute approximate surface area is 128 Å². The molecule has 0 unspecified atom stereocenters. The minimum absolute atomic E-state index is 0.147. The molecule has 0 aromatic heterocycles. The fraction of sp³-hybridized carbons (Fsp3) is 0.625. The van der Waals surface area contributed by atoms with E-state index in [9.17, 15) is 9.59 Å². The van der Waals surface area contributed by atoms with Crippen molar-refractivity contribution < 1.29 is 9.59 Å². The molecule has 114 valence electrons. The second kappa shape index (κ2) is 3.63. The minimum Gasteiger partial charge on any atom is -0.268 e. The predicted octanol–water partition coefficient (Wildman–Crippen LogP) is -0.241. The highest BCUT2D eigenvalue weighted by Crippen LogP contribution is 2.59. The van der Waals surface area contributed by atoms with E-state index in [-0.39, 0.29) is 11.8 Å². The third kappa shape index (κ3) is 1.11. The molecule has 6 aliphatic rings. The Kier molecular flexibility index (Phi) is 1.95. The second-order valence-electron chi connectivity index (χ2n) is 7.31. The fourth-order valence-corrected chi connectivity index (χ4v) is 6.23. The maximum atomic E-state index is 12.3. The lowest BCUT2D eigenvalue weighted by atomic mass is 9.93. The fourth-order valence-electron chi connectivity index (χ4n) is 6.23. The zero-order chi connectivity index (χ0) is 14.6. The number of carbonyl (C=O) groups is 2. The number of hydrogen-bond acceptors (Lipinski definition) is 4. The zero-order valence-corrected chi connectivity index (χ0v) is 12.2. The van der Waals surface area contributed by atoms with Gasteiger partial charge < -0.3 is 0 Å². The van der Waals surface area contributed by atoms with Gasteiger partial charge in [0.05, 0.1) is 12.1 Å². The van der Waals surface area contributed by atoms with E-state index in [0.717, 1.165) is 25.9 Å². The van der Waals surface area contributed by atoms with Crippen LogP contribution >= 0.6 is 0 Å². The number of nitrogens with zero attached hydrogens (tertiary/aromatic N) is 4. The summed E-state index contributed by atoms with van der Waals surface area (Å²) in [6.07, 6.45) is 9.43. The highest BCUT2D eigenvalue weighted by atomic mass is 16.2. The summed E-state index contributed by atoms with van der Waals surface area (Å²) in [5, 5.41) is 8.63. The predicted molar refractivity (Wildman–Crippen MR) is 76.8 cm³/mol. The monoisotopic (exact) mass is 298 g/mol. The lowest BCUT2D eigenvalue weighted by Crippen LogP contribution is -2.54. The van der Waals surface area contributed by atoms with Gasteiger partial charge in [0, 0.05) is 49.2 Å². The van der Waals surface area contributed by atoms with Gasteiger partial charge in [-0.05, 0) is 12.8 Å². The summed E-state index contributed by atoms with van der Waals surface area (Å²) >= 11 is 0. The molecule has 2 saturated carbocycles. The molecule has 4 heterocycles. The van der Waals surface area contributed by atoms with E-state index in [4.69, 9.17) is 0 Å². The van der Waals surface area contributed by atoms with E-state index >= 15 is 0 Å². The molecule has 4 aliphatic heterocycles. The molecule has 2 amide bonds. The Balaban J connectivity index is 1.45. The van der Waals surface area contributed by atoms with Crippen LogP contribution in [0.2, 0.25) is 0 Å². The van der Waals surface area contributed by atoms with Gasteiger partial charge in [0.1, 0.15) is 0 Å². The van der Waals surface area contributed by atoms with Crippen molar-refractivity contribution in [2.24, 2.45) is 11.8 Å². The van der Waals surface area contributed by atoms with E-state index < -0.39 is 0 Å². The Hall–Kier alpha value is -1.66. The highest BCUT2D eigenvalue weighted by Gasteiger charge is 2.70.